The number of hydrogen-bond acceptors (Lipinski definition) is 6. The summed E-state index contributed by atoms with van der Waals surface area (Å²) in [6.45, 7) is 6.47. The van der Waals surface area contributed by atoms with E-state index in [9.17, 15) is 14.4 Å². The zero-order chi connectivity index (χ0) is 44.4. The molecular formula is C55H96O6. The van der Waals surface area contributed by atoms with Gasteiger partial charge >= 0.3 is 17.9 Å². The summed E-state index contributed by atoms with van der Waals surface area (Å²) < 4.78 is 16.7. The largest absolute Gasteiger partial charge is 0.462 e. The standard InChI is InChI=1S/C55H96O6/c1-4-7-10-13-16-19-22-24-26-28-30-33-36-39-42-45-48-54(57)60-51-52(50-59-53(56)47-44-41-38-35-32-21-18-15-12-9-6-3)61-55(58)49-46-43-40-37-34-31-29-27-25-23-20-17-14-11-8-5-2/h7,10,16,19,24,26,30,33,39,42,52H,4-6,8-9,11-15,17-18,20-23,25,27-29,31-32,34-38,40-41,43-51H2,1-3H3/b10-7-,19-16-,26-24-,33-30-,42-39-. The molecule has 0 rings (SSSR count). The zero-order valence-corrected chi connectivity index (χ0v) is 40.2. The van der Waals surface area contributed by atoms with Gasteiger partial charge in [-0.15, -0.1) is 0 Å². The predicted molar refractivity (Wildman–Crippen MR) is 261 cm³/mol. The molecule has 6 nitrogen and oxygen atoms in total. The summed E-state index contributed by atoms with van der Waals surface area (Å²) in [5, 5.41) is 0. The maximum atomic E-state index is 12.8. The smallest absolute Gasteiger partial charge is 0.306 e. The van der Waals surface area contributed by atoms with Crippen molar-refractivity contribution in [3.05, 3.63) is 60.8 Å². The van der Waals surface area contributed by atoms with E-state index in [2.05, 4.69) is 75.5 Å². The third-order valence-electron chi connectivity index (χ3n) is 11.1. The first-order chi connectivity index (χ1) is 30.0. The molecule has 1 unspecified atom stereocenters. The van der Waals surface area contributed by atoms with Gasteiger partial charge in [-0.25, -0.2) is 0 Å². The second-order valence-electron chi connectivity index (χ2n) is 17.1. The highest BCUT2D eigenvalue weighted by Gasteiger charge is 2.19. The Bertz CT molecular complexity index is 1120. The van der Waals surface area contributed by atoms with E-state index in [4.69, 9.17) is 14.2 Å². The maximum absolute atomic E-state index is 12.8. The molecular weight excluding hydrogens is 757 g/mol. The normalized spacial score (nSPS) is 12.5. The Morgan fingerprint density at radius 3 is 1.00 bits per heavy atom. The first-order valence-corrected chi connectivity index (χ1v) is 25.8. The molecule has 0 aliphatic rings. The van der Waals surface area contributed by atoms with Crippen molar-refractivity contribution in [3.8, 4) is 0 Å². The van der Waals surface area contributed by atoms with Gasteiger partial charge in [0.2, 0.25) is 0 Å². The predicted octanol–water partition coefficient (Wildman–Crippen LogP) is 16.9. The fourth-order valence-corrected chi connectivity index (χ4v) is 7.20. The minimum atomic E-state index is -0.799. The fourth-order valence-electron chi connectivity index (χ4n) is 7.20. The van der Waals surface area contributed by atoms with Crippen molar-refractivity contribution >= 4 is 17.9 Å². The lowest BCUT2D eigenvalue weighted by molar-refractivity contribution is -0.166. The molecule has 1 atom stereocenters. The van der Waals surface area contributed by atoms with Crippen LogP contribution < -0.4 is 0 Å². The van der Waals surface area contributed by atoms with Crippen molar-refractivity contribution in [3.63, 3.8) is 0 Å². The van der Waals surface area contributed by atoms with Gasteiger partial charge in [-0.1, -0.05) is 242 Å². The third kappa shape index (κ3) is 48.0. The Morgan fingerprint density at radius 2 is 0.639 bits per heavy atom. The van der Waals surface area contributed by atoms with Crippen LogP contribution in [0.2, 0.25) is 0 Å². The molecule has 0 bridgehead atoms. The Morgan fingerprint density at radius 1 is 0.344 bits per heavy atom. The number of rotatable bonds is 46. The molecule has 0 aliphatic heterocycles. The maximum Gasteiger partial charge on any atom is 0.306 e. The number of allylic oxidation sites excluding steroid dienone is 10. The van der Waals surface area contributed by atoms with E-state index < -0.39 is 6.10 Å². The quantitative estimate of drug-likeness (QED) is 0.0263. The van der Waals surface area contributed by atoms with Gasteiger partial charge in [-0.2, -0.15) is 0 Å². The van der Waals surface area contributed by atoms with Gasteiger partial charge in [0.15, 0.2) is 6.10 Å². The molecule has 0 aromatic rings. The number of ether oxygens (including phenoxy) is 3. The van der Waals surface area contributed by atoms with E-state index in [1.54, 1.807) is 0 Å². The van der Waals surface area contributed by atoms with Crippen molar-refractivity contribution in [2.75, 3.05) is 13.2 Å². The van der Waals surface area contributed by atoms with Crippen LogP contribution in [0.5, 0.6) is 0 Å². The minimum absolute atomic E-state index is 0.0936. The zero-order valence-electron chi connectivity index (χ0n) is 40.2. The van der Waals surface area contributed by atoms with Crippen LogP contribution in [0.25, 0.3) is 0 Å². The highest BCUT2D eigenvalue weighted by Crippen LogP contribution is 2.16. The van der Waals surface area contributed by atoms with Crippen molar-refractivity contribution in [2.24, 2.45) is 0 Å². The van der Waals surface area contributed by atoms with E-state index in [-0.39, 0.29) is 37.5 Å². The first-order valence-electron chi connectivity index (χ1n) is 25.8. The van der Waals surface area contributed by atoms with Gasteiger partial charge in [0, 0.05) is 19.3 Å². The van der Waals surface area contributed by atoms with Gasteiger partial charge in [-0.05, 0) is 51.4 Å². The van der Waals surface area contributed by atoms with Gasteiger partial charge in [0.05, 0.1) is 0 Å². The molecule has 6 heteroatoms. The van der Waals surface area contributed by atoms with Crippen LogP contribution in [0, 0.1) is 0 Å². The van der Waals surface area contributed by atoms with Crippen LogP contribution in [0.1, 0.15) is 252 Å². The molecule has 0 fully saturated rings. The molecule has 0 radical (unpaired) electrons. The summed E-state index contributed by atoms with van der Waals surface area (Å²) in [6.07, 6.45) is 60.7. The molecule has 0 saturated carbocycles. The summed E-state index contributed by atoms with van der Waals surface area (Å²) >= 11 is 0. The lowest BCUT2D eigenvalue weighted by Crippen LogP contribution is -2.30. The molecule has 352 valence electrons. The minimum Gasteiger partial charge on any atom is -0.462 e. The van der Waals surface area contributed by atoms with Crippen LogP contribution >= 0.6 is 0 Å². The van der Waals surface area contributed by atoms with Gasteiger partial charge in [0.1, 0.15) is 13.2 Å². The van der Waals surface area contributed by atoms with Crippen molar-refractivity contribution in [1.82, 2.24) is 0 Å². The van der Waals surface area contributed by atoms with Crippen LogP contribution in [-0.4, -0.2) is 37.2 Å². The summed E-state index contributed by atoms with van der Waals surface area (Å²) in [5.41, 5.74) is 0. The van der Waals surface area contributed by atoms with E-state index in [1.807, 2.05) is 6.08 Å². The van der Waals surface area contributed by atoms with Gasteiger partial charge < -0.3 is 14.2 Å². The summed E-state index contributed by atoms with van der Waals surface area (Å²) in [6, 6.07) is 0. The number of hydrogen-bond donors (Lipinski definition) is 0. The molecule has 61 heavy (non-hydrogen) atoms. The topological polar surface area (TPSA) is 78.9 Å². The monoisotopic (exact) mass is 853 g/mol. The van der Waals surface area contributed by atoms with Crippen molar-refractivity contribution < 1.29 is 28.6 Å². The van der Waals surface area contributed by atoms with Crippen LogP contribution in [0.15, 0.2) is 60.8 Å². The molecule has 0 aliphatic carbocycles. The van der Waals surface area contributed by atoms with Crippen LogP contribution in [0.3, 0.4) is 0 Å². The molecule has 0 aromatic carbocycles. The fraction of sp³-hybridized carbons (Fsp3) is 0.764. The second kappa shape index (κ2) is 49.8. The first kappa shape index (κ1) is 58.1. The van der Waals surface area contributed by atoms with Gasteiger partial charge in [0.25, 0.3) is 0 Å². The van der Waals surface area contributed by atoms with Crippen LogP contribution in [-0.2, 0) is 28.6 Å². The van der Waals surface area contributed by atoms with E-state index >= 15 is 0 Å². The molecule has 0 spiro atoms. The Labute approximate surface area is 377 Å². The highest BCUT2D eigenvalue weighted by molar-refractivity contribution is 5.71. The third-order valence-corrected chi connectivity index (χ3v) is 11.1. The summed E-state index contributed by atoms with van der Waals surface area (Å²) in [5.74, 6) is -0.974. The summed E-state index contributed by atoms with van der Waals surface area (Å²) in [7, 11) is 0. The van der Waals surface area contributed by atoms with Crippen molar-refractivity contribution in [1.29, 1.82) is 0 Å². The average Bonchev–Trinajstić information content (AvgIpc) is 3.26. The molecule has 0 aromatic heterocycles. The van der Waals surface area contributed by atoms with Crippen molar-refractivity contribution in [2.45, 2.75) is 258 Å². The second-order valence-corrected chi connectivity index (χ2v) is 17.1. The number of unbranched alkanes of at least 4 members (excludes halogenated alkanes) is 25. The lowest BCUT2D eigenvalue weighted by atomic mass is 10.0. The number of carbonyl (C=O) groups is 3. The van der Waals surface area contributed by atoms with Gasteiger partial charge in [-0.3, -0.25) is 14.4 Å². The Hall–Kier alpha value is -2.89. The summed E-state index contributed by atoms with van der Waals surface area (Å²) in [4.78, 5) is 37.9. The Balaban J connectivity index is 4.44. The molecule has 0 saturated heterocycles. The number of esters is 3. The SMILES string of the molecule is CC/C=C\C/C=C\C/C=C\C/C=C\C/C=C\CCC(=O)OCC(COC(=O)CCCCCCCCCCCCC)OC(=O)CCCCCCCCCCCCCCCCCC. The lowest BCUT2D eigenvalue weighted by Gasteiger charge is -2.18. The molecule has 0 amide bonds. The molecule has 0 heterocycles. The highest BCUT2D eigenvalue weighted by atomic mass is 16.6. The van der Waals surface area contributed by atoms with E-state index in [0.717, 1.165) is 70.6 Å². The number of carbonyl (C=O) groups excluding carboxylic acids is 3. The Kier molecular flexibility index (Phi) is 47.4. The average molecular weight is 853 g/mol. The van der Waals surface area contributed by atoms with E-state index in [0.29, 0.717) is 19.3 Å². The molecule has 0 N–H and O–H groups in total. The van der Waals surface area contributed by atoms with E-state index in [1.165, 1.54) is 135 Å². The van der Waals surface area contributed by atoms with Crippen LogP contribution in [0.4, 0.5) is 0 Å².